The zero-order valence-electron chi connectivity index (χ0n) is 33.7. The van der Waals surface area contributed by atoms with Crippen LogP contribution in [0.25, 0.3) is 0 Å². The molecule has 4 rings (SSSR count). The van der Waals surface area contributed by atoms with Gasteiger partial charge in [0.2, 0.25) is 0 Å². The summed E-state index contributed by atoms with van der Waals surface area (Å²) >= 11 is 0. The first-order valence-electron chi connectivity index (χ1n) is 19.7. The zero-order chi connectivity index (χ0) is 38.9. The molecule has 4 aromatic rings. The van der Waals surface area contributed by atoms with Crippen molar-refractivity contribution in [3.63, 3.8) is 0 Å². The molecule has 0 aliphatic rings. The fourth-order valence-corrected chi connectivity index (χ4v) is 5.76. The molecule has 3 heterocycles. The molecule has 0 aliphatic carbocycles. The Kier molecular flexibility index (Phi) is 18.5. The van der Waals surface area contributed by atoms with Gasteiger partial charge >= 0.3 is 0 Å². The van der Waals surface area contributed by atoms with Crippen molar-refractivity contribution in [2.75, 3.05) is 6.54 Å². The van der Waals surface area contributed by atoms with Gasteiger partial charge in [0, 0.05) is 115 Å². The van der Waals surface area contributed by atoms with E-state index < -0.39 is 0 Å². The van der Waals surface area contributed by atoms with E-state index in [1.165, 1.54) is 22.3 Å². The van der Waals surface area contributed by atoms with E-state index in [9.17, 15) is 0 Å². The molecule has 0 unspecified atom stereocenters. The van der Waals surface area contributed by atoms with E-state index in [2.05, 4.69) is 192 Å². The largest absolute Gasteiger partial charge is 0.293 e. The summed E-state index contributed by atoms with van der Waals surface area (Å²) in [5.41, 5.74) is 8.67. The molecule has 0 saturated carbocycles. The van der Waals surface area contributed by atoms with Crippen molar-refractivity contribution < 1.29 is 13.7 Å². The predicted octanol–water partition coefficient (Wildman–Crippen LogP) is 8.69. The van der Waals surface area contributed by atoms with Crippen LogP contribution < -0.4 is 13.7 Å². The lowest BCUT2D eigenvalue weighted by Crippen LogP contribution is -2.32. The molecule has 0 spiro atoms. The number of rotatable bonds is 14. The van der Waals surface area contributed by atoms with Gasteiger partial charge in [-0.3, -0.25) is 4.99 Å². The fraction of sp³-hybridized carbons (Fsp3) is 0.333. The molecular weight excluding hydrogens is 669 g/mol. The Morgan fingerprint density at radius 2 is 0.964 bits per heavy atom. The van der Waals surface area contributed by atoms with Crippen LogP contribution in [0.2, 0.25) is 0 Å². The molecule has 0 radical (unpaired) electrons. The van der Waals surface area contributed by atoms with Gasteiger partial charge in [0.15, 0.2) is 37.2 Å². The molecule has 55 heavy (non-hydrogen) atoms. The Balaban J connectivity index is 1.55. The summed E-state index contributed by atoms with van der Waals surface area (Å²) in [7, 11) is 0. The third kappa shape index (κ3) is 16.7. The third-order valence-corrected chi connectivity index (χ3v) is 8.82. The summed E-state index contributed by atoms with van der Waals surface area (Å²) < 4.78 is 6.70. The molecule has 0 bridgehead atoms. The molecule has 0 N–H and O–H groups in total. The van der Waals surface area contributed by atoms with E-state index in [-0.39, 0.29) is 0 Å². The fourth-order valence-electron chi connectivity index (χ4n) is 5.76. The van der Waals surface area contributed by atoms with Crippen LogP contribution in [0.15, 0.2) is 115 Å². The van der Waals surface area contributed by atoms with Crippen molar-refractivity contribution in [2.24, 2.45) is 4.99 Å². The lowest BCUT2D eigenvalue weighted by atomic mass is 9.98. The molecular formula is C51H57N4+3. The minimum atomic E-state index is 0.744. The number of unbranched alkanes of at least 4 members (excludes halogenated alkanes) is 4. The van der Waals surface area contributed by atoms with Crippen LogP contribution in [0.5, 0.6) is 0 Å². The molecule has 4 nitrogen and oxygen atoms in total. The highest BCUT2D eigenvalue weighted by molar-refractivity contribution is 5.71. The van der Waals surface area contributed by atoms with E-state index in [0.29, 0.717) is 0 Å². The quantitative estimate of drug-likeness (QED) is 0.0409. The van der Waals surface area contributed by atoms with Gasteiger partial charge in [-0.2, -0.15) is 0 Å². The number of allylic oxidation sites excluding steroid dienone is 4. The Hall–Kier alpha value is -5.94. The molecule has 0 aliphatic heterocycles. The van der Waals surface area contributed by atoms with Crippen molar-refractivity contribution in [1.29, 1.82) is 0 Å². The van der Waals surface area contributed by atoms with Gasteiger partial charge < -0.3 is 0 Å². The molecule has 278 valence electrons. The number of aromatic nitrogens is 3. The van der Waals surface area contributed by atoms with Gasteiger partial charge in [-0.1, -0.05) is 65.1 Å². The minimum Gasteiger partial charge on any atom is -0.293 e. The molecule has 4 heteroatoms. The Labute approximate surface area is 331 Å². The van der Waals surface area contributed by atoms with E-state index in [1.54, 1.807) is 0 Å². The number of benzene rings is 1. The molecule has 3 aromatic heterocycles. The second-order valence-corrected chi connectivity index (χ2v) is 13.9. The van der Waals surface area contributed by atoms with Crippen LogP contribution in [-0.4, -0.2) is 12.8 Å². The molecule has 1 aromatic carbocycles. The number of hydrogen-bond donors (Lipinski definition) is 0. The van der Waals surface area contributed by atoms with Crippen molar-refractivity contribution >= 4 is 6.21 Å². The highest BCUT2D eigenvalue weighted by atomic mass is 14.9. The number of nitrogens with zero attached hydrogens (tertiary/aromatic N) is 4. The second-order valence-electron chi connectivity index (χ2n) is 13.9. The predicted molar refractivity (Wildman–Crippen MR) is 227 cm³/mol. The van der Waals surface area contributed by atoms with E-state index in [0.717, 1.165) is 99.8 Å². The Morgan fingerprint density at radius 1 is 0.582 bits per heavy atom. The number of pyridine rings is 3. The smallest absolute Gasteiger partial charge is 0.171 e. The molecule has 0 saturated heterocycles. The summed E-state index contributed by atoms with van der Waals surface area (Å²) in [4.78, 5) is 4.52. The number of hydrogen-bond acceptors (Lipinski definition) is 1. The average molecular weight is 726 g/mol. The summed E-state index contributed by atoms with van der Waals surface area (Å²) in [6.07, 6.45) is 27.9. The lowest BCUT2D eigenvalue weighted by Gasteiger charge is -2.03. The SMILES string of the molecule is C/C=C(C)\C=C/C=NCCCC#Cc1cc(C#CCCC[n+]2cccc(C)c2)c(C#CCCC[n+]2cccc(C)c2)cc1C#CCCC[n+]1cccc(C)c1. The van der Waals surface area contributed by atoms with Gasteiger partial charge in [0.1, 0.15) is 19.6 Å². The van der Waals surface area contributed by atoms with Gasteiger partial charge in [-0.15, -0.1) is 0 Å². The number of aliphatic imine (C=N–C) groups is 1. The van der Waals surface area contributed by atoms with Crippen LogP contribution in [0.1, 0.15) is 104 Å². The van der Waals surface area contributed by atoms with Crippen molar-refractivity contribution in [1.82, 2.24) is 0 Å². The topological polar surface area (TPSA) is 24.0 Å². The Morgan fingerprint density at radius 3 is 1.33 bits per heavy atom. The summed E-state index contributed by atoms with van der Waals surface area (Å²) in [6.45, 7) is 14.0. The standard InChI is InChI=1S/C51H57N4/c1-6-44(2)23-19-32-52-31-15-7-11-27-48-39-50(29-13-9-17-34-54-37-21-25-46(4)42-54)51(30-14-10-18-35-55-38-22-26-47(5)43-55)40-49(48)28-12-8-16-33-53-36-20-24-45(3)41-53/h6,19-26,32,36-43H,7-10,15-18,31,33-35H2,1-5H3/q+3/b23-19-,44-6-,52-32?. The highest BCUT2D eigenvalue weighted by Gasteiger charge is 2.07. The van der Waals surface area contributed by atoms with Crippen LogP contribution >= 0.6 is 0 Å². The number of aryl methyl sites for hydroxylation is 6. The van der Waals surface area contributed by atoms with Crippen molar-refractivity contribution in [3.8, 4) is 47.4 Å². The van der Waals surface area contributed by atoms with Crippen LogP contribution in [-0.2, 0) is 19.6 Å². The summed E-state index contributed by atoms with van der Waals surface area (Å²) in [6, 6.07) is 16.9. The summed E-state index contributed by atoms with van der Waals surface area (Å²) in [5, 5.41) is 0. The van der Waals surface area contributed by atoms with Crippen LogP contribution in [0, 0.1) is 68.1 Å². The van der Waals surface area contributed by atoms with Gasteiger partial charge in [0.05, 0.1) is 0 Å². The highest BCUT2D eigenvalue weighted by Crippen LogP contribution is 2.16. The van der Waals surface area contributed by atoms with Crippen LogP contribution in [0.4, 0.5) is 0 Å². The maximum Gasteiger partial charge on any atom is 0.171 e. The maximum absolute atomic E-state index is 4.52. The zero-order valence-corrected chi connectivity index (χ0v) is 33.7. The first-order valence-corrected chi connectivity index (χ1v) is 19.7. The maximum atomic E-state index is 4.52. The minimum absolute atomic E-state index is 0.744. The molecule has 0 amide bonds. The first-order chi connectivity index (χ1) is 26.9. The molecule has 0 fully saturated rings. The van der Waals surface area contributed by atoms with E-state index >= 15 is 0 Å². The monoisotopic (exact) mass is 725 g/mol. The van der Waals surface area contributed by atoms with Crippen molar-refractivity contribution in [2.45, 2.75) is 106 Å². The third-order valence-electron chi connectivity index (χ3n) is 8.82. The van der Waals surface area contributed by atoms with Crippen LogP contribution in [0.3, 0.4) is 0 Å². The second kappa shape index (κ2) is 24.4. The Bertz CT molecular complexity index is 2210. The average Bonchev–Trinajstić information content (AvgIpc) is 3.17. The van der Waals surface area contributed by atoms with E-state index in [1.807, 2.05) is 19.2 Å². The van der Waals surface area contributed by atoms with Gasteiger partial charge in [0.25, 0.3) is 0 Å². The van der Waals surface area contributed by atoms with E-state index in [4.69, 9.17) is 0 Å². The van der Waals surface area contributed by atoms with Crippen molar-refractivity contribution in [3.05, 3.63) is 148 Å². The van der Waals surface area contributed by atoms with Gasteiger partial charge in [-0.25, -0.2) is 13.7 Å². The lowest BCUT2D eigenvalue weighted by molar-refractivity contribution is -0.697. The first kappa shape index (κ1) is 41.8. The summed E-state index contributed by atoms with van der Waals surface area (Å²) in [5.74, 6) is 27.6. The normalized spacial score (nSPS) is 10.9. The van der Waals surface area contributed by atoms with Gasteiger partial charge in [-0.05, 0) is 77.4 Å². The molecule has 0 atom stereocenters.